The number of piperidine rings is 1. The zero-order valence-electron chi connectivity index (χ0n) is 17.9. The van der Waals surface area contributed by atoms with E-state index in [2.05, 4.69) is 31.7 Å². The topological polar surface area (TPSA) is 39.3 Å². The highest BCUT2D eigenvalue weighted by Gasteiger charge is 2.30. The summed E-state index contributed by atoms with van der Waals surface area (Å²) in [7, 11) is 1.69. The van der Waals surface area contributed by atoms with Crippen molar-refractivity contribution in [3.63, 3.8) is 0 Å². The van der Waals surface area contributed by atoms with Crippen molar-refractivity contribution in [2.45, 2.75) is 38.1 Å². The quantitative estimate of drug-likeness (QED) is 0.733. The number of carbonyl (C=O) groups is 1. The normalized spacial score (nSPS) is 24.1. The van der Waals surface area contributed by atoms with E-state index in [9.17, 15) is 4.79 Å². The van der Waals surface area contributed by atoms with E-state index in [-0.39, 0.29) is 0 Å². The van der Waals surface area contributed by atoms with Crippen LogP contribution < -0.4 is 9.64 Å². The summed E-state index contributed by atoms with van der Waals surface area (Å²) >= 11 is 0. The maximum Gasteiger partial charge on any atom is 0.236 e. The van der Waals surface area contributed by atoms with Crippen LogP contribution in [0.4, 0.5) is 5.69 Å². The third kappa shape index (κ3) is 5.23. The van der Waals surface area contributed by atoms with Gasteiger partial charge in [0.2, 0.25) is 5.91 Å². The number of carbonyl (C=O) groups excluding carboxylic acids is 1. The van der Waals surface area contributed by atoms with Crippen LogP contribution in [0.2, 0.25) is 0 Å². The SMILES string of the molecule is COc1ccc(N2CCN(C(=O)CN3CCCC3CN3CCCCC3)CC2)cc1. The van der Waals surface area contributed by atoms with Crippen LogP contribution >= 0.6 is 0 Å². The van der Waals surface area contributed by atoms with Crippen molar-refractivity contribution in [1.29, 1.82) is 0 Å². The molecule has 3 aliphatic rings. The molecule has 3 fully saturated rings. The van der Waals surface area contributed by atoms with E-state index in [1.54, 1.807) is 7.11 Å². The van der Waals surface area contributed by atoms with Gasteiger partial charge in [-0.15, -0.1) is 0 Å². The first-order valence-corrected chi connectivity index (χ1v) is 11.4. The van der Waals surface area contributed by atoms with Gasteiger partial charge in [-0.25, -0.2) is 0 Å². The van der Waals surface area contributed by atoms with Crippen LogP contribution in [-0.4, -0.2) is 92.7 Å². The maximum atomic E-state index is 13.0. The van der Waals surface area contributed by atoms with Gasteiger partial charge in [0.05, 0.1) is 13.7 Å². The van der Waals surface area contributed by atoms with Crippen molar-refractivity contribution >= 4 is 11.6 Å². The third-order valence-corrected chi connectivity index (χ3v) is 6.83. The highest BCUT2D eigenvalue weighted by atomic mass is 16.5. The summed E-state index contributed by atoms with van der Waals surface area (Å²) in [6.45, 7) is 8.74. The van der Waals surface area contributed by atoms with E-state index in [4.69, 9.17) is 4.74 Å². The Morgan fingerprint density at radius 2 is 1.66 bits per heavy atom. The highest BCUT2D eigenvalue weighted by Crippen LogP contribution is 2.22. The second-order valence-corrected chi connectivity index (χ2v) is 8.69. The summed E-state index contributed by atoms with van der Waals surface area (Å²) in [5, 5.41) is 0. The molecule has 1 aromatic carbocycles. The van der Waals surface area contributed by atoms with Gasteiger partial charge in [-0.05, 0) is 69.6 Å². The zero-order valence-corrected chi connectivity index (χ0v) is 17.9. The summed E-state index contributed by atoms with van der Waals surface area (Å²) in [4.78, 5) is 22.4. The molecule has 1 atom stereocenters. The molecule has 1 amide bonds. The Morgan fingerprint density at radius 3 is 2.34 bits per heavy atom. The molecule has 3 saturated heterocycles. The lowest BCUT2D eigenvalue weighted by Crippen LogP contribution is -2.52. The number of anilines is 1. The van der Waals surface area contributed by atoms with Gasteiger partial charge in [0, 0.05) is 44.5 Å². The van der Waals surface area contributed by atoms with Gasteiger partial charge in [-0.2, -0.15) is 0 Å². The molecule has 160 valence electrons. The fourth-order valence-corrected chi connectivity index (χ4v) is 5.03. The first kappa shape index (κ1) is 20.5. The number of nitrogens with zero attached hydrogens (tertiary/aromatic N) is 4. The van der Waals surface area contributed by atoms with Gasteiger partial charge in [0.25, 0.3) is 0 Å². The zero-order chi connectivity index (χ0) is 20.1. The van der Waals surface area contributed by atoms with Gasteiger partial charge >= 0.3 is 0 Å². The standard InChI is InChI=1S/C23H36N4O2/c1-29-22-9-7-20(8-10-22)25-14-16-26(17-15-25)23(28)19-27-13-5-6-21(27)18-24-11-3-2-4-12-24/h7-10,21H,2-6,11-19H2,1H3. The molecule has 0 aliphatic carbocycles. The summed E-state index contributed by atoms with van der Waals surface area (Å²) in [5.41, 5.74) is 1.21. The van der Waals surface area contributed by atoms with E-state index in [1.165, 1.54) is 50.9 Å². The van der Waals surface area contributed by atoms with Crippen molar-refractivity contribution in [2.24, 2.45) is 0 Å². The van der Waals surface area contributed by atoms with Gasteiger partial charge in [0.15, 0.2) is 0 Å². The highest BCUT2D eigenvalue weighted by molar-refractivity contribution is 5.78. The average Bonchev–Trinajstić information content (AvgIpc) is 3.21. The Bertz CT molecular complexity index is 651. The number of hydrogen-bond acceptors (Lipinski definition) is 5. The first-order valence-electron chi connectivity index (χ1n) is 11.4. The lowest BCUT2D eigenvalue weighted by Gasteiger charge is -2.38. The molecule has 0 aromatic heterocycles. The van der Waals surface area contributed by atoms with Gasteiger partial charge < -0.3 is 19.4 Å². The second kappa shape index (κ2) is 9.81. The summed E-state index contributed by atoms with van der Waals surface area (Å²) < 4.78 is 5.25. The molecule has 6 heteroatoms. The largest absolute Gasteiger partial charge is 0.497 e. The minimum absolute atomic E-state index is 0.310. The lowest BCUT2D eigenvalue weighted by atomic mass is 10.1. The maximum absolute atomic E-state index is 13.0. The van der Waals surface area contributed by atoms with E-state index in [0.29, 0.717) is 18.5 Å². The third-order valence-electron chi connectivity index (χ3n) is 6.83. The minimum Gasteiger partial charge on any atom is -0.497 e. The smallest absolute Gasteiger partial charge is 0.236 e. The number of methoxy groups -OCH3 is 1. The number of amides is 1. The predicted octanol–water partition coefficient (Wildman–Crippen LogP) is 2.29. The van der Waals surface area contributed by atoms with Crippen LogP contribution in [0, 0.1) is 0 Å². The summed E-state index contributed by atoms with van der Waals surface area (Å²) in [5.74, 6) is 1.19. The molecule has 3 heterocycles. The monoisotopic (exact) mass is 400 g/mol. The van der Waals surface area contributed by atoms with Crippen molar-refractivity contribution < 1.29 is 9.53 Å². The number of ether oxygens (including phenoxy) is 1. The minimum atomic E-state index is 0.310. The van der Waals surface area contributed by atoms with Crippen molar-refractivity contribution in [3.8, 4) is 5.75 Å². The fraction of sp³-hybridized carbons (Fsp3) is 0.696. The first-order chi connectivity index (χ1) is 14.2. The number of hydrogen-bond donors (Lipinski definition) is 0. The Kier molecular flexibility index (Phi) is 6.93. The Hall–Kier alpha value is -1.79. The molecular weight excluding hydrogens is 364 g/mol. The van der Waals surface area contributed by atoms with E-state index in [1.807, 2.05) is 12.1 Å². The molecule has 1 unspecified atom stereocenters. The number of rotatable bonds is 6. The molecule has 0 radical (unpaired) electrons. The predicted molar refractivity (Wildman–Crippen MR) is 117 cm³/mol. The van der Waals surface area contributed by atoms with Crippen LogP contribution in [0.15, 0.2) is 24.3 Å². The summed E-state index contributed by atoms with van der Waals surface area (Å²) in [6.07, 6.45) is 6.53. The second-order valence-electron chi connectivity index (χ2n) is 8.69. The van der Waals surface area contributed by atoms with Crippen LogP contribution in [0.1, 0.15) is 32.1 Å². The van der Waals surface area contributed by atoms with Crippen LogP contribution in [0.25, 0.3) is 0 Å². The molecule has 0 saturated carbocycles. The van der Waals surface area contributed by atoms with E-state index in [0.717, 1.165) is 45.0 Å². The van der Waals surface area contributed by atoms with Gasteiger partial charge in [-0.3, -0.25) is 9.69 Å². The Labute approximate surface area is 175 Å². The fourth-order valence-electron chi connectivity index (χ4n) is 5.03. The molecule has 29 heavy (non-hydrogen) atoms. The molecule has 0 N–H and O–H groups in total. The lowest BCUT2D eigenvalue weighted by molar-refractivity contribution is -0.133. The summed E-state index contributed by atoms with van der Waals surface area (Å²) in [6, 6.07) is 8.78. The number of likely N-dealkylation sites (tertiary alicyclic amines) is 2. The molecule has 0 bridgehead atoms. The van der Waals surface area contributed by atoms with E-state index < -0.39 is 0 Å². The van der Waals surface area contributed by atoms with Gasteiger partial charge in [-0.1, -0.05) is 6.42 Å². The Balaban J connectivity index is 1.24. The molecule has 3 aliphatic heterocycles. The molecule has 0 spiro atoms. The van der Waals surface area contributed by atoms with Crippen molar-refractivity contribution in [1.82, 2.24) is 14.7 Å². The van der Waals surface area contributed by atoms with E-state index >= 15 is 0 Å². The average molecular weight is 401 g/mol. The number of piperazine rings is 1. The Morgan fingerprint density at radius 1 is 0.931 bits per heavy atom. The molecule has 1 aromatic rings. The van der Waals surface area contributed by atoms with Gasteiger partial charge in [0.1, 0.15) is 5.75 Å². The number of benzene rings is 1. The molecule has 4 rings (SSSR count). The molecular formula is C23H36N4O2. The van der Waals surface area contributed by atoms with Crippen molar-refractivity contribution in [3.05, 3.63) is 24.3 Å². The van der Waals surface area contributed by atoms with Crippen LogP contribution in [0.5, 0.6) is 5.75 Å². The van der Waals surface area contributed by atoms with Crippen molar-refractivity contribution in [2.75, 3.05) is 70.9 Å². The molecule has 6 nitrogen and oxygen atoms in total. The van der Waals surface area contributed by atoms with Crippen LogP contribution in [-0.2, 0) is 4.79 Å². The van der Waals surface area contributed by atoms with Crippen LogP contribution in [0.3, 0.4) is 0 Å².